The molecule has 0 radical (unpaired) electrons. The highest BCUT2D eigenvalue weighted by Crippen LogP contribution is 2.12. The fourth-order valence-electron chi connectivity index (χ4n) is 2.39. The van der Waals surface area contributed by atoms with E-state index in [1.807, 2.05) is 18.2 Å². The molecule has 1 aromatic rings. The number of hydrogen-bond donors (Lipinski definition) is 2. The van der Waals surface area contributed by atoms with Gasteiger partial charge in [0, 0.05) is 26.3 Å². The summed E-state index contributed by atoms with van der Waals surface area (Å²) in [5.74, 6) is 0.568. The number of benzene rings is 1. The zero-order chi connectivity index (χ0) is 14.0. The van der Waals surface area contributed by atoms with E-state index in [0.29, 0.717) is 12.5 Å². The van der Waals surface area contributed by atoms with Gasteiger partial charge in [-0.25, -0.2) is 4.79 Å². The van der Waals surface area contributed by atoms with Crippen molar-refractivity contribution in [2.24, 2.45) is 5.92 Å². The maximum Gasteiger partial charge on any atom is 0.314 e. The Hall–Kier alpha value is -1.55. The van der Waals surface area contributed by atoms with E-state index >= 15 is 0 Å². The SMILES string of the molecule is O=C(NCCCc1ccccc1)NCC1CCOCC1. The number of rotatable bonds is 6. The van der Waals surface area contributed by atoms with Crippen molar-refractivity contribution in [1.29, 1.82) is 0 Å². The summed E-state index contributed by atoms with van der Waals surface area (Å²) in [6, 6.07) is 10.3. The molecule has 0 atom stereocenters. The Balaban J connectivity index is 1.51. The van der Waals surface area contributed by atoms with Crippen LogP contribution in [0.3, 0.4) is 0 Å². The Labute approximate surface area is 120 Å². The molecular weight excluding hydrogens is 252 g/mol. The van der Waals surface area contributed by atoms with Gasteiger partial charge in [-0.3, -0.25) is 0 Å². The van der Waals surface area contributed by atoms with Crippen LogP contribution >= 0.6 is 0 Å². The molecule has 1 fully saturated rings. The molecule has 20 heavy (non-hydrogen) atoms. The minimum Gasteiger partial charge on any atom is -0.381 e. The Morgan fingerprint density at radius 3 is 2.65 bits per heavy atom. The largest absolute Gasteiger partial charge is 0.381 e. The zero-order valence-electron chi connectivity index (χ0n) is 11.9. The molecule has 0 spiro atoms. The highest BCUT2D eigenvalue weighted by atomic mass is 16.5. The average molecular weight is 276 g/mol. The molecule has 1 aliphatic heterocycles. The summed E-state index contributed by atoms with van der Waals surface area (Å²) in [6.45, 7) is 3.12. The van der Waals surface area contributed by atoms with Crippen LogP contribution in [0.2, 0.25) is 0 Å². The molecule has 0 unspecified atom stereocenters. The summed E-state index contributed by atoms with van der Waals surface area (Å²) in [7, 11) is 0. The van der Waals surface area contributed by atoms with E-state index in [2.05, 4.69) is 22.8 Å². The second-order valence-electron chi connectivity index (χ2n) is 5.28. The minimum atomic E-state index is -0.0513. The first-order chi connectivity index (χ1) is 9.84. The number of aryl methyl sites for hydroxylation is 1. The Morgan fingerprint density at radius 2 is 1.90 bits per heavy atom. The van der Waals surface area contributed by atoms with Crippen LogP contribution in [0.15, 0.2) is 30.3 Å². The van der Waals surface area contributed by atoms with Gasteiger partial charge in [-0.05, 0) is 37.2 Å². The number of nitrogens with one attached hydrogen (secondary N) is 2. The maximum atomic E-state index is 11.6. The molecule has 0 aromatic heterocycles. The van der Waals surface area contributed by atoms with Crippen molar-refractivity contribution in [3.8, 4) is 0 Å². The van der Waals surface area contributed by atoms with E-state index in [1.54, 1.807) is 0 Å². The number of carbonyl (C=O) groups excluding carboxylic acids is 1. The normalized spacial score (nSPS) is 15.8. The summed E-state index contributed by atoms with van der Waals surface area (Å²) in [4.78, 5) is 11.6. The van der Waals surface area contributed by atoms with E-state index in [1.165, 1.54) is 5.56 Å². The van der Waals surface area contributed by atoms with Crippen molar-refractivity contribution < 1.29 is 9.53 Å². The molecule has 4 heteroatoms. The molecule has 1 aromatic carbocycles. The van der Waals surface area contributed by atoms with Gasteiger partial charge in [-0.15, -0.1) is 0 Å². The number of carbonyl (C=O) groups is 1. The van der Waals surface area contributed by atoms with Gasteiger partial charge in [0.05, 0.1) is 0 Å². The van der Waals surface area contributed by atoms with Gasteiger partial charge in [0.1, 0.15) is 0 Å². The topological polar surface area (TPSA) is 50.4 Å². The highest BCUT2D eigenvalue weighted by Gasteiger charge is 2.14. The third kappa shape index (κ3) is 5.61. The fraction of sp³-hybridized carbons (Fsp3) is 0.562. The van der Waals surface area contributed by atoms with Crippen molar-refractivity contribution >= 4 is 6.03 Å². The number of urea groups is 1. The van der Waals surface area contributed by atoms with Gasteiger partial charge in [0.25, 0.3) is 0 Å². The quantitative estimate of drug-likeness (QED) is 0.784. The van der Waals surface area contributed by atoms with Crippen LogP contribution in [-0.4, -0.2) is 32.3 Å². The van der Waals surface area contributed by atoms with Gasteiger partial charge in [-0.1, -0.05) is 30.3 Å². The molecule has 0 saturated carbocycles. The monoisotopic (exact) mass is 276 g/mol. The lowest BCUT2D eigenvalue weighted by Gasteiger charge is -2.22. The summed E-state index contributed by atoms with van der Waals surface area (Å²) >= 11 is 0. The molecule has 1 saturated heterocycles. The summed E-state index contributed by atoms with van der Waals surface area (Å²) in [6.07, 6.45) is 4.07. The van der Waals surface area contributed by atoms with Gasteiger partial charge in [-0.2, -0.15) is 0 Å². The smallest absolute Gasteiger partial charge is 0.314 e. The number of hydrogen-bond acceptors (Lipinski definition) is 2. The van der Waals surface area contributed by atoms with E-state index in [-0.39, 0.29) is 6.03 Å². The third-order valence-corrected chi connectivity index (χ3v) is 3.66. The van der Waals surface area contributed by atoms with Crippen LogP contribution in [0.5, 0.6) is 0 Å². The molecule has 2 N–H and O–H groups in total. The number of ether oxygens (including phenoxy) is 1. The van der Waals surface area contributed by atoms with Crippen molar-refractivity contribution in [3.05, 3.63) is 35.9 Å². The molecule has 1 aliphatic rings. The summed E-state index contributed by atoms with van der Waals surface area (Å²) in [5, 5.41) is 5.86. The standard InChI is InChI=1S/C16H24N2O2/c19-16(18-13-15-8-11-20-12-9-15)17-10-4-7-14-5-2-1-3-6-14/h1-3,5-6,15H,4,7-13H2,(H2,17,18,19). The third-order valence-electron chi connectivity index (χ3n) is 3.66. The van der Waals surface area contributed by atoms with Gasteiger partial charge in [0.15, 0.2) is 0 Å². The van der Waals surface area contributed by atoms with Crippen molar-refractivity contribution in [2.75, 3.05) is 26.3 Å². The second kappa shape index (κ2) is 8.59. The average Bonchev–Trinajstić information content (AvgIpc) is 2.52. The van der Waals surface area contributed by atoms with Crippen LogP contribution < -0.4 is 10.6 Å². The second-order valence-corrected chi connectivity index (χ2v) is 5.28. The van der Waals surface area contributed by atoms with Crippen molar-refractivity contribution in [1.82, 2.24) is 10.6 Å². The van der Waals surface area contributed by atoms with E-state index < -0.39 is 0 Å². The Kier molecular flexibility index (Phi) is 6.38. The van der Waals surface area contributed by atoms with Gasteiger partial charge >= 0.3 is 6.03 Å². The molecule has 0 aliphatic carbocycles. The lowest BCUT2D eigenvalue weighted by molar-refractivity contribution is 0.0669. The first-order valence-electron chi connectivity index (χ1n) is 7.48. The first kappa shape index (κ1) is 14.9. The predicted octanol–water partition coefficient (Wildman–Crippen LogP) is 2.35. The maximum absolute atomic E-state index is 11.6. The first-order valence-corrected chi connectivity index (χ1v) is 7.48. The molecule has 2 rings (SSSR count). The van der Waals surface area contributed by atoms with Crippen molar-refractivity contribution in [2.45, 2.75) is 25.7 Å². The van der Waals surface area contributed by atoms with Crippen LogP contribution in [0.4, 0.5) is 4.79 Å². The molecule has 2 amide bonds. The fourth-order valence-corrected chi connectivity index (χ4v) is 2.39. The molecule has 4 nitrogen and oxygen atoms in total. The van der Waals surface area contributed by atoms with Crippen LogP contribution in [-0.2, 0) is 11.2 Å². The van der Waals surface area contributed by atoms with Gasteiger partial charge in [0.2, 0.25) is 0 Å². The lowest BCUT2D eigenvalue weighted by atomic mass is 10.0. The number of amides is 2. The molecule has 110 valence electrons. The molecule has 1 heterocycles. The van der Waals surface area contributed by atoms with E-state index in [4.69, 9.17) is 4.74 Å². The minimum absolute atomic E-state index is 0.0513. The van der Waals surface area contributed by atoms with Crippen LogP contribution in [0.25, 0.3) is 0 Å². The molecule has 0 bridgehead atoms. The summed E-state index contributed by atoms with van der Waals surface area (Å²) in [5.41, 5.74) is 1.32. The van der Waals surface area contributed by atoms with Gasteiger partial charge < -0.3 is 15.4 Å². The highest BCUT2D eigenvalue weighted by molar-refractivity contribution is 5.73. The Morgan fingerprint density at radius 1 is 1.15 bits per heavy atom. The lowest BCUT2D eigenvalue weighted by Crippen LogP contribution is -2.39. The van der Waals surface area contributed by atoms with Crippen molar-refractivity contribution in [3.63, 3.8) is 0 Å². The predicted molar refractivity (Wildman–Crippen MR) is 79.7 cm³/mol. The van der Waals surface area contributed by atoms with Crippen LogP contribution in [0, 0.1) is 5.92 Å². The van der Waals surface area contributed by atoms with Crippen LogP contribution in [0.1, 0.15) is 24.8 Å². The van der Waals surface area contributed by atoms with E-state index in [9.17, 15) is 4.79 Å². The van der Waals surface area contributed by atoms with E-state index in [0.717, 1.165) is 45.4 Å². The summed E-state index contributed by atoms with van der Waals surface area (Å²) < 4.78 is 5.30. The Bertz CT molecular complexity index is 389. The molecular formula is C16H24N2O2. The zero-order valence-corrected chi connectivity index (χ0v) is 11.9.